The zero-order valence-electron chi connectivity index (χ0n) is 13.0. The summed E-state index contributed by atoms with van der Waals surface area (Å²) < 4.78 is 15.3. The van der Waals surface area contributed by atoms with Crippen molar-refractivity contribution in [3.8, 4) is 0 Å². The van der Waals surface area contributed by atoms with Crippen LogP contribution in [0.3, 0.4) is 0 Å². The molecule has 11 nitrogen and oxygen atoms in total. The molecule has 11 heteroatoms. The molecule has 0 radical (unpaired) electrons. The summed E-state index contributed by atoms with van der Waals surface area (Å²) >= 11 is 0. The number of ether oxygens (including phenoxy) is 3. The van der Waals surface area contributed by atoms with Crippen LogP contribution in [-0.4, -0.2) is 117 Å². The van der Waals surface area contributed by atoms with E-state index in [-0.39, 0.29) is 6.29 Å². The van der Waals surface area contributed by atoms with Crippen LogP contribution in [0.5, 0.6) is 0 Å². The molecule has 1 fully saturated rings. The van der Waals surface area contributed by atoms with Gasteiger partial charge in [0.25, 0.3) is 0 Å². The van der Waals surface area contributed by atoms with Crippen LogP contribution in [0.1, 0.15) is 0 Å². The molecule has 5 unspecified atom stereocenters. The molecule has 24 heavy (non-hydrogen) atoms. The zero-order valence-corrected chi connectivity index (χ0v) is 13.0. The second-order valence-corrected chi connectivity index (χ2v) is 5.37. The molecule has 0 aliphatic carbocycles. The van der Waals surface area contributed by atoms with Crippen molar-refractivity contribution in [3.05, 3.63) is 0 Å². The van der Waals surface area contributed by atoms with Crippen molar-refractivity contribution in [1.82, 2.24) is 0 Å². The lowest BCUT2D eigenvalue weighted by atomic mass is 9.98. The van der Waals surface area contributed by atoms with E-state index in [9.17, 15) is 35.4 Å². The summed E-state index contributed by atoms with van der Waals surface area (Å²) in [6.45, 7) is -1.47. The molecular weight excluding hydrogens is 332 g/mol. The number of rotatable bonds is 9. The van der Waals surface area contributed by atoms with Crippen LogP contribution in [0.25, 0.3) is 0 Å². The van der Waals surface area contributed by atoms with Gasteiger partial charge in [-0.2, -0.15) is 0 Å². The van der Waals surface area contributed by atoms with Crippen LogP contribution in [-0.2, 0) is 19.0 Å². The monoisotopic (exact) mass is 356 g/mol. The van der Waals surface area contributed by atoms with Gasteiger partial charge in [0.2, 0.25) is 0 Å². The molecule has 1 saturated heterocycles. The fourth-order valence-corrected chi connectivity index (χ4v) is 2.39. The van der Waals surface area contributed by atoms with Crippen molar-refractivity contribution in [2.45, 2.75) is 55.1 Å². The van der Waals surface area contributed by atoms with E-state index in [1.54, 1.807) is 0 Å². The number of methoxy groups -OCH3 is 1. The maximum Gasteiger partial charge on any atom is 0.187 e. The molecule has 7 N–H and O–H groups in total. The van der Waals surface area contributed by atoms with Gasteiger partial charge in [0.1, 0.15) is 48.8 Å². The highest BCUT2D eigenvalue weighted by atomic mass is 16.7. The minimum absolute atomic E-state index is 0.00436. The third kappa shape index (κ3) is 4.67. The van der Waals surface area contributed by atoms with Gasteiger partial charge in [0.05, 0.1) is 13.2 Å². The fraction of sp³-hybridized carbons (Fsp3) is 0.923. The van der Waals surface area contributed by atoms with Crippen LogP contribution in [0.15, 0.2) is 0 Å². The number of aldehydes is 1. The maximum absolute atomic E-state index is 10.6. The van der Waals surface area contributed by atoms with Crippen LogP contribution >= 0.6 is 0 Å². The number of hydrogen-bond donors (Lipinski definition) is 7. The lowest BCUT2D eigenvalue weighted by Crippen LogP contribution is -2.62. The summed E-state index contributed by atoms with van der Waals surface area (Å²) in [5.41, 5.74) is 0. The number of aliphatic hydroxyl groups is 7. The predicted molar refractivity (Wildman–Crippen MR) is 74.6 cm³/mol. The van der Waals surface area contributed by atoms with Crippen molar-refractivity contribution < 1.29 is 54.8 Å². The van der Waals surface area contributed by atoms with Gasteiger partial charge in [0.15, 0.2) is 12.6 Å². The normalized spacial score (nSPS) is 35.9. The average molecular weight is 356 g/mol. The second-order valence-electron chi connectivity index (χ2n) is 5.37. The van der Waals surface area contributed by atoms with E-state index in [4.69, 9.17) is 19.3 Å². The number of carbonyl (C=O) groups is 1. The highest BCUT2D eigenvalue weighted by Crippen LogP contribution is 2.26. The molecule has 0 amide bonds. The average Bonchev–Trinajstić information content (AvgIpc) is 2.60. The van der Waals surface area contributed by atoms with E-state index in [1.165, 1.54) is 7.11 Å². The molecule has 0 aromatic rings. The first kappa shape index (κ1) is 21.3. The van der Waals surface area contributed by atoms with Gasteiger partial charge in [-0.15, -0.1) is 0 Å². The van der Waals surface area contributed by atoms with Crippen molar-refractivity contribution in [3.63, 3.8) is 0 Å². The summed E-state index contributed by atoms with van der Waals surface area (Å²) in [7, 11) is 1.23. The van der Waals surface area contributed by atoms with Crippen molar-refractivity contribution in [1.29, 1.82) is 0 Å². The van der Waals surface area contributed by atoms with E-state index in [1.807, 2.05) is 0 Å². The lowest BCUT2D eigenvalue weighted by Gasteiger charge is -2.43. The molecule has 142 valence electrons. The first-order valence-corrected chi connectivity index (χ1v) is 7.23. The fourth-order valence-electron chi connectivity index (χ4n) is 2.39. The molecule has 0 aromatic heterocycles. The summed E-state index contributed by atoms with van der Waals surface area (Å²) in [6, 6.07) is 0. The number of hydrogen-bond acceptors (Lipinski definition) is 11. The van der Waals surface area contributed by atoms with Gasteiger partial charge < -0.3 is 54.8 Å². The summed E-state index contributed by atoms with van der Waals surface area (Å²) in [5.74, 6) is 0. The molecule has 9 atom stereocenters. The molecule has 1 aliphatic rings. The molecule has 0 spiro atoms. The Morgan fingerprint density at radius 1 is 1.17 bits per heavy atom. The Kier molecular flexibility index (Phi) is 8.59. The van der Waals surface area contributed by atoms with Gasteiger partial charge >= 0.3 is 0 Å². The Bertz CT molecular complexity index is 379. The summed E-state index contributed by atoms with van der Waals surface area (Å²) in [5, 5.41) is 67.2. The number of aliphatic hydroxyl groups excluding tert-OH is 7. The second kappa shape index (κ2) is 9.68. The van der Waals surface area contributed by atoms with Crippen LogP contribution in [0, 0.1) is 0 Å². The molecule has 0 saturated carbocycles. The van der Waals surface area contributed by atoms with E-state index in [2.05, 4.69) is 0 Å². The third-order valence-electron chi connectivity index (χ3n) is 3.78. The van der Waals surface area contributed by atoms with Crippen LogP contribution < -0.4 is 0 Å². The van der Waals surface area contributed by atoms with E-state index in [0.29, 0.717) is 0 Å². The first-order valence-electron chi connectivity index (χ1n) is 7.23. The summed E-state index contributed by atoms with van der Waals surface area (Å²) in [4.78, 5) is 10.6. The van der Waals surface area contributed by atoms with Crippen LogP contribution in [0.2, 0.25) is 0 Å². The zero-order chi connectivity index (χ0) is 18.4. The largest absolute Gasteiger partial charge is 0.394 e. The van der Waals surface area contributed by atoms with Gasteiger partial charge in [-0.25, -0.2) is 0 Å². The molecule has 1 aliphatic heterocycles. The number of carbonyl (C=O) groups excluding carboxylic acids is 1. The highest BCUT2D eigenvalue weighted by molar-refractivity contribution is 5.56. The minimum atomic E-state index is -1.94. The molecule has 0 bridgehead atoms. The van der Waals surface area contributed by atoms with Crippen molar-refractivity contribution >= 4 is 6.29 Å². The van der Waals surface area contributed by atoms with Gasteiger partial charge in [0, 0.05) is 7.11 Å². The Balaban J connectivity index is 2.93. The minimum Gasteiger partial charge on any atom is -0.394 e. The summed E-state index contributed by atoms with van der Waals surface area (Å²) in [6.07, 6.45) is -14.3. The maximum atomic E-state index is 10.6. The van der Waals surface area contributed by atoms with Gasteiger partial charge in [-0.1, -0.05) is 0 Å². The lowest BCUT2D eigenvalue weighted by molar-refractivity contribution is -0.328. The van der Waals surface area contributed by atoms with E-state index < -0.39 is 68.3 Å². The first-order chi connectivity index (χ1) is 11.3. The van der Waals surface area contributed by atoms with Crippen molar-refractivity contribution in [2.24, 2.45) is 0 Å². The van der Waals surface area contributed by atoms with E-state index in [0.717, 1.165) is 0 Å². The SMILES string of the molecule is COC1C(CO)O[C@H](OC(C(O)[C@@H](O)C=O)[C@H](O)CO)[C@H](O)C1O. The topological polar surface area (TPSA) is 186 Å². The smallest absolute Gasteiger partial charge is 0.187 e. The molecule has 0 aromatic carbocycles. The van der Waals surface area contributed by atoms with Crippen LogP contribution in [0.4, 0.5) is 0 Å². The molecule has 1 heterocycles. The molecular formula is C13H24O11. The Hall–Kier alpha value is -0.730. The van der Waals surface area contributed by atoms with E-state index >= 15 is 0 Å². The Morgan fingerprint density at radius 2 is 1.79 bits per heavy atom. The van der Waals surface area contributed by atoms with Gasteiger partial charge in [-0.3, -0.25) is 0 Å². The molecule has 1 rings (SSSR count). The highest BCUT2D eigenvalue weighted by Gasteiger charge is 2.47. The predicted octanol–water partition coefficient (Wildman–Crippen LogP) is -4.90. The van der Waals surface area contributed by atoms with Gasteiger partial charge in [-0.05, 0) is 0 Å². The Labute approximate surface area is 137 Å². The Morgan fingerprint density at radius 3 is 2.25 bits per heavy atom. The quantitative estimate of drug-likeness (QED) is 0.196. The van der Waals surface area contributed by atoms with Crippen molar-refractivity contribution in [2.75, 3.05) is 20.3 Å². The standard InChI is InChI=1S/C13H24O11/c1-22-12-7(4-16)23-13(10(21)9(12)20)24-11(6(18)3-15)8(19)5(17)2-14/h2,5-13,15-21H,3-4H2,1H3/t5-,6+,7?,8?,9?,10+,11?,12?,13+/m0/s1. The third-order valence-corrected chi connectivity index (χ3v) is 3.78.